The Labute approximate surface area is 173 Å². The molecule has 4 bridgehead atoms. The number of thiazole rings is 1. The Balaban J connectivity index is 1.29. The Morgan fingerprint density at radius 2 is 1.89 bits per heavy atom. The largest absolute Gasteiger partial charge is 0.301 e. The van der Waals surface area contributed by atoms with Crippen LogP contribution in [-0.2, 0) is 11.2 Å². The second-order valence-corrected chi connectivity index (χ2v) is 11.1. The van der Waals surface area contributed by atoms with E-state index in [9.17, 15) is 4.79 Å². The van der Waals surface area contributed by atoms with Gasteiger partial charge in [-0.05, 0) is 68.1 Å². The van der Waals surface area contributed by atoms with Crippen molar-refractivity contribution in [3.05, 3.63) is 45.9 Å². The summed E-state index contributed by atoms with van der Waals surface area (Å²) in [5.74, 6) is 1.37. The molecule has 0 spiro atoms. The highest BCUT2D eigenvalue weighted by molar-refractivity contribution is 7.15. The number of anilines is 1. The predicted octanol–water partition coefficient (Wildman–Crippen LogP) is 5.90. The monoisotopic (exact) mass is 420 g/mol. The van der Waals surface area contributed by atoms with Crippen LogP contribution in [0.4, 0.5) is 5.13 Å². The molecule has 3 nitrogen and oxygen atoms in total. The molecule has 0 saturated heterocycles. The zero-order chi connectivity index (χ0) is 18.6. The van der Waals surface area contributed by atoms with Gasteiger partial charge in [0.1, 0.15) is 0 Å². The van der Waals surface area contributed by atoms with Crippen LogP contribution in [0.1, 0.15) is 49.0 Å². The van der Waals surface area contributed by atoms with Gasteiger partial charge in [-0.2, -0.15) is 0 Å². The molecule has 6 heteroatoms. The Morgan fingerprint density at radius 1 is 1.19 bits per heavy atom. The van der Waals surface area contributed by atoms with Crippen molar-refractivity contribution in [2.45, 2.75) is 49.8 Å². The Hall–Kier alpha value is -1.10. The van der Waals surface area contributed by atoms with Crippen LogP contribution in [0.15, 0.2) is 30.5 Å². The molecule has 4 saturated carbocycles. The van der Waals surface area contributed by atoms with Gasteiger partial charge in [0.25, 0.3) is 0 Å². The summed E-state index contributed by atoms with van der Waals surface area (Å²) in [6, 6.07) is 7.84. The highest BCUT2D eigenvalue weighted by atomic mass is 35.5. The van der Waals surface area contributed by atoms with E-state index >= 15 is 0 Å². The van der Waals surface area contributed by atoms with Gasteiger partial charge in [0.15, 0.2) is 5.13 Å². The number of amides is 1. The maximum atomic E-state index is 13.2. The summed E-state index contributed by atoms with van der Waals surface area (Å²) >= 11 is 14.4. The van der Waals surface area contributed by atoms with Crippen molar-refractivity contribution in [3.63, 3.8) is 0 Å². The second kappa shape index (κ2) is 6.47. The molecule has 1 amide bonds. The van der Waals surface area contributed by atoms with Gasteiger partial charge in [0, 0.05) is 27.4 Å². The zero-order valence-corrected chi connectivity index (χ0v) is 17.3. The fourth-order valence-corrected chi connectivity index (χ4v) is 7.56. The van der Waals surface area contributed by atoms with Gasteiger partial charge in [0.2, 0.25) is 5.91 Å². The van der Waals surface area contributed by atoms with Gasteiger partial charge in [-0.3, -0.25) is 4.79 Å². The number of nitrogens with one attached hydrogen (secondary N) is 1. The van der Waals surface area contributed by atoms with E-state index in [0.29, 0.717) is 17.0 Å². The van der Waals surface area contributed by atoms with E-state index in [1.807, 2.05) is 30.5 Å². The van der Waals surface area contributed by atoms with E-state index in [-0.39, 0.29) is 16.2 Å². The minimum absolute atomic E-state index is 0.133. The first-order chi connectivity index (χ1) is 12.9. The molecular weight excluding hydrogens is 399 g/mol. The fraction of sp³-hybridized carbons (Fsp3) is 0.524. The molecule has 6 rings (SSSR count). The quantitative estimate of drug-likeness (QED) is 0.625. The van der Waals surface area contributed by atoms with Crippen molar-refractivity contribution in [2.24, 2.45) is 17.3 Å². The molecule has 2 aromatic rings. The Morgan fingerprint density at radius 3 is 2.56 bits per heavy atom. The maximum Gasteiger partial charge on any atom is 0.232 e. The van der Waals surface area contributed by atoms with E-state index in [2.05, 4.69) is 10.3 Å². The van der Waals surface area contributed by atoms with Crippen LogP contribution >= 0.6 is 34.5 Å². The molecule has 1 heterocycles. The molecule has 142 valence electrons. The lowest BCUT2D eigenvalue weighted by molar-refractivity contribution is -0.138. The SMILES string of the molecule is O=C(Nc1ncc(Cc2ccc(Cl)cc2)s1)C12CC3CC(CC(Cl)(C3)C1)C2. The van der Waals surface area contributed by atoms with Crippen LogP contribution in [0.5, 0.6) is 0 Å². The van der Waals surface area contributed by atoms with Crippen molar-refractivity contribution in [3.8, 4) is 0 Å². The summed E-state index contributed by atoms with van der Waals surface area (Å²) in [5.41, 5.74) is 0.902. The highest BCUT2D eigenvalue weighted by Gasteiger charge is 2.60. The third-order valence-electron chi connectivity index (χ3n) is 6.54. The fourth-order valence-electron chi connectivity index (χ4n) is 5.90. The number of carbonyl (C=O) groups excluding carboxylic acids is 1. The molecule has 1 aromatic heterocycles. The molecular formula is C21H22Cl2N2OS. The number of hydrogen-bond donors (Lipinski definition) is 1. The number of rotatable bonds is 4. The molecule has 0 aliphatic heterocycles. The minimum atomic E-state index is -0.284. The molecule has 27 heavy (non-hydrogen) atoms. The lowest BCUT2D eigenvalue weighted by Gasteiger charge is -2.59. The van der Waals surface area contributed by atoms with Crippen LogP contribution in [-0.4, -0.2) is 15.8 Å². The van der Waals surface area contributed by atoms with Gasteiger partial charge in [0.05, 0.1) is 5.41 Å². The van der Waals surface area contributed by atoms with Crippen LogP contribution in [0.25, 0.3) is 0 Å². The summed E-state index contributed by atoms with van der Waals surface area (Å²) < 4.78 is 0. The van der Waals surface area contributed by atoms with Gasteiger partial charge in [-0.25, -0.2) is 4.98 Å². The molecule has 4 aliphatic carbocycles. The molecule has 2 unspecified atom stereocenters. The van der Waals surface area contributed by atoms with E-state index in [0.717, 1.165) is 48.4 Å². The third-order valence-corrected chi connectivity index (χ3v) is 8.14. The van der Waals surface area contributed by atoms with Crippen molar-refractivity contribution in [2.75, 3.05) is 5.32 Å². The average molecular weight is 421 g/mol. The Kier molecular flexibility index (Phi) is 4.30. The van der Waals surface area contributed by atoms with E-state index in [1.54, 1.807) is 11.3 Å². The minimum Gasteiger partial charge on any atom is -0.301 e. The molecule has 1 N–H and O–H groups in total. The molecule has 4 aliphatic rings. The van der Waals surface area contributed by atoms with Gasteiger partial charge < -0.3 is 5.32 Å². The summed E-state index contributed by atoms with van der Waals surface area (Å²) in [5, 5.41) is 4.56. The van der Waals surface area contributed by atoms with Gasteiger partial charge >= 0.3 is 0 Å². The molecule has 0 radical (unpaired) electrons. The Bertz CT molecular complexity index is 865. The van der Waals surface area contributed by atoms with Crippen LogP contribution in [0.2, 0.25) is 5.02 Å². The number of benzene rings is 1. The van der Waals surface area contributed by atoms with Crippen molar-refractivity contribution in [1.82, 2.24) is 4.98 Å². The molecule has 2 atom stereocenters. The first-order valence-electron chi connectivity index (χ1n) is 9.61. The molecule has 4 fully saturated rings. The summed E-state index contributed by atoms with van der Waals surface area (Å²) in [7, 11) is 0. The predicted molar refractivity (Wildman–Crippen MR) is 111 cm³/mol. The topological polar surface area (TPSA) is 42.0 Å². The number of nitrogens with zero attached hydrogens (tertiary/aromatic N) is 1. The van der Waals surface area contributed by atoms with E-state index < -0.39 is 0 Å². The van der Waals surface area contributed by atoms with E-state index in [1.165, 1.54) is 12.0 Å². The van der Waals surface area contributed by atoms with Crippen molar-refractivity contribution in [1.29, 1.82) is 0 Å². The lowest BCUT2D eigenvalue weighted by atomic mass is 9.49. The lowest BCUT2D eigenvalue weighted by Crippen LogP contribution is -2.57. The standard InChI is InChI=1S/C21H22Cl2N2OS/c22-16-3-1-13(2-4-16)6-17-11-24-19(27-17)25-18(26)20-7-14-5-15(8-20)10-21(23,9-14)12-20/h1-4,11,14-15H,5-10,12H2,(H,24,25,26). The van der Waals surface area contributed by atoms with E-state index in [4.69, 9.17) is 23.2 Å². The second-order valence-electron chi connectivity index (χ2n) is 8.78. The first-order valence-corrected chi connectivity index (χ1v) is 11.2. The van der Waals surface area contributed by atoms with Gasteiger partial charge in [-0.15, -0.1) is 22.9 Å². The number of carbonyl (C=O) groups is 1. The summed E-state index contributed by atoms with van der Waals surface area (Å²) in [6.45, 7) is 0. The van der Waals surface area contributed by atoms with Gasteiger partial charge in [-0.1, -0.05) is 23.7 Å². The number of aromatic nitrogens is 1. The average Bonchev–Trinajstić information content (AvgIpc) is 3.02. The van der Waals surface area contributed by atoms with Crippen molar-refractivity contribution < 1.29 is 4.79 Å². The zero-order valence-electron chi connectivity index (χ0n) is 15.0. The smallest absolute Gasteiger partial charge is 0.232 e. The van der Waals surface area contributed by atoms with Crippen LogP contribution in [0.3, 0.4) is 0 Å². The van der Waals surface area contributed by atoms with Crippen molar-refractivity contribution >= 4 is 45.6 Å². The maximum absolute atomic E-state index is 13.2. The number of halogens is 2. The highest BCUT2D eigenvalue weighted by Crippen LogP contribution is 2.64. The normalized spacial score (nSPS) is 34.0. The number of alkyl halides is 1. The molecule has 1 aromatic carbocycles. The summed E-state index contributed by atoms with van der Waals surface area (Å²) in [6.07, 6.45) is 8.89. The number of hydrogen-bond acceptors (Lipinski definition) is 3. The van der Waals surface area contributed by atoms with Crippen LogP contribution < -0.4 is 5.32 Å². The first kappa shape index (κ1) is 18.0. The summed E-state index contributed by atoms with van der Waals surface area (Å²) in [4.78, 5) is 18.6. The van der Waals surface area contributed by atoms with Crippen LogP contribution in [0, 0.1) is 17.3 Å². The third kappa shape index (κ3) is 3.41.